The van der Waals surface area contributed by atoms with Crippen LogP contribution in [-0.2, 0) is 17.6 Å². The Kier molecular flexibility index (Phi) is 5.43. The molecule has 0 aliphatic heterocycles. The topological polar surface area (TPSA) is 107 Å². The Morgan fingerprint density at radius 1 is 1.07 bits per heavy atom. The van der Waals surface area contributed by atoms with Gasteiger partial charge in [-0.25, -0.2) is 0 Å². The second-order valence-electron chi connectivity index (χ2n) is 5.96. The van der Waals surface area contributed by atoms with Gasteiger partial charge in [0.15, 0.2) is 0 Å². The maximum Gasteiger partial charge on any atom is 0.227 e. The zero-order chi connectivity index (χ0) is 19.2. The summed E-state index contributed by atoms with van der Waals surface area (Å²) < 4.78 is 5.20. The van der Waals surface area contributed by atoms with Crippen LogP contribution >= 0.6 is 11.3 Å². The normalized spacial score (nSPS) is 10.7. The summed E-state index contributed by atoms with van der Waals surface area (Å²) >= 11 is 1.37. The molecule has 0 aliphatic carbocycles. The summed E-state index contributed by atoms with van der Waals surface area (Å²) in [5.74, 6) is 0.711. The molecule has 3 heterocycles. The van der Waals surface area contributed by atoms with Crippen LogP contribution < -0.4 is 5.32 Å². The number of aryl methyl sites for hydroxylation is 1. The maximum absolute atomic E-state index is 12.2. The molecular weight excluding hydrogens is 376 g/mol. The number of amides is 1. The van der Waals surface area contributed by atoms with Crippen LogP contribution in [0.25, 0.3) is 11.4 Å². The first-order chi connectivity index (χ1) is 13.8. The molecule has 1 aromatic carbocycles. The summed E-state index contributed by atoms with van der Waals surface area (Å²) in [7, 11) is 0. The third kappa shape index (κ3) is 4.63. The molecule has 0 radical (unpaired) electrons. The number of carbonyl (C=O) groups excluding carboxylic acids is 1. The van der Waals surface area contributed by atoms with Crippen molar-refractivity contribution in [1.29, 1.82) is 0 Å². The second-order valence-corrected chi connectivity index (χ2v) is 7.02. The predicted octanol–water partition coefficient (Wildman–Crippen LogP) is 3.15. The molecule has 0 unspecified atom stereocenters. The van der Waals surface area contributed by atoms with Crippen LogP contribution in [0.3, 0.4) is 0 Å². The minimum Gasteiger partial charge on any atom is -0.339 e. The standard InChI is InChI=1S/C19H16N6O2S/c26-15(6-7-16-22-18(25-27-16)14-8-10-20-11-9-14)21-19-24-23-17(28-19)12-13-4-2-1-3-5-13/h1-5,8-11H,6-7,12H2,(H,21,24,26). The molecule has 1 N–H and O–H groups in total. The summed E-state index contributed by atoms with van der Waals surface area (Å²) in [5, 5.41) is 16.2. The maximum atomic E-state index is 12.2. The van der Waals surface area contributed by atoms with E-state index in [1.54, 1.807) is 24.5 Å². The van der Waals surface area contributed by atoms with Crippen molar-refractivity contribution in [2.75, 3.05) is 5.32 Å². The van der Waals surface area contributed by atoms with Crippen molar-refractivity contribution in [3.05, 3.63) is 71.3 Å². The number of pyridine rings is 1. The van der Waals surface area contributed by atoms with E-state index in [2.05, 4.69) is 30.6 Å². The lowest BCUT2D eigenvalue weighted by Crippen LogP contribution is -2.12. The summed E-state index contributed by atoms with van der Waals surface area (Å²) in [6.07, 6.45) is 4.57. The lowest BCUT2D eigenvalue weighted by Gasteiger charge is -1.98. The molecular formula is C19H16N6O2S. The molecule has 8 nitrogen and oxygen atoms in total. The fraction of sp³-hybridized carbons (Fsp3) is 0.158. The lowest BCUT2D eigenvalue weighted by atomic mass is 10.2. The van der Waals surface area contributed by atoms with Gasteiger partial charge in [-0.05, 0) is 17.7 Å². The third-order valence-electron chi connectivity index (χ3n) is 3.88. The van der Waals surface area contributed by atoms with E-state index in [1.807, 2.05) is 30.3 Å². The minimum absolute atomic E-state index is 0.175. The van der Waals surface area contributed by atoms with E-state index in [1.165, 1.54) is 11.3 Å². The Morgan fingerprint density at radius 3 is 2.71 bits per heavy atom. The summed E-state index contributed by atoms with van der Waals surface area (Å²) in [6, 6.07) is 13.6. The van der Waals surface area contributed by atoms with Gasteiger partial charge in [-0.2, -0.15) is 4.98 Å². The highest BCUT2D eigenvalue weighted by Crippen LogP contribution is 2.19. The molecule has 1 amide bonds. The Hall–Kier alpha value is -3.46. The zero-order valence-electron chi connectivity index (χ0n) is 14.8. The molecule has 0 spiro atoms. The van der Waals surface area contributed by atoms with E-state index in [0.29, 0.717) is 29.7 Å². The number of aromatic nitrogens is 5. The molecule has 9 heteroatoms. The predicted molar refractivity (Wildman–Crippen MR) is 104 cm³/mol. The van der Waals surface area contributed by atoms with Crippen molar-refractivity contribution in [1.82, 2.24) is 25.3 Å². The zero-order valence-corrected chi connectivity index (χ0v) is 15.6. The van der Waals surface area contributed by atoms with Crippen molar-refractivity contribution >= 4 is 22.4 Å². The Bertz CT molecular complexity index is 1050. The third-order valence-corrected chi connectivity index (χ3v) is 4.72. The van der Waals surface area contributed by atoms with E-state index in [4.69, 9.17) is 4.52 Å². The van der Waals surface area contributed by atoms with Gasteiger partial charge in [-0.1, -0.05) is 46.8 Å². The Labute approximate surface area is 164 Å². The van der Waals surface area contributed by atoms with Crippen LogP contribution in [0.2, 0.25) is 0 Å². The number of hydrogen-bond acceptors (Lipinski definition) is 8. The molecule has 0 bridgehead atoms. The van der Waals surface area contributed by atoms with E-state index in [-0.39, 0.29) is 12.3 Å². The molecule has 28 heavy (non-hydrogen) atoms. The number of nitrogens with one attached hydrogen (secondary N) is 1. The SMILES string of the molecule is O=C(CCc1nc(-c2ccncc2)no1)Nc1nnc(Cc2ccccc2)s1. The van der Waals surface area contributed by atoms with Crippen LogP contribution in [0.4, 0.5) is 5.13 Å². The van der Waals surface area contributed by atoms with Crippen molar-refractivity contribution in [3.63, 3.8) is 0 Å². The number of benzene rings is 1. The minimum atomic E-state index is -0.175. The number of hydrogen-bond donors (Lipinski definition) is 1. The Morgan fingerprint density at radius 2 is 1.89 bits per heavy atom. The highest BCUT2D eigenvalue weighted by molar-refractivity contribution is 7.15. The average molecular weight is 392 g/mol. The molecule has 140 valence electrons. The number of rotatable bonds is 7. The van der Waals surface area contributed by atoms with Gasteiger partial charge in [-0.15, -0.1) is 10.2 Å². The molecule has 4 aromatic rings. The van der Waals surface area contributed by atoms with Crippen LogP contribution in [0.5, 0.6) is 0 Å². The van der Waals surface area contributed by atoms with E-state index >= 15 is 0 Å². The van der Waals surface area contributed by atoms with Crippen molar-refractivity contribution in [3.8, 4) is 11.4 Å². The summed E-state index contributed by atoms with van der Waals surface area (Å²) in [5.41, 5.74) is 1.96. The summed E-state index contributed by atoms with van der Waals surface area (Å²) in [4.78, 5) is 20.4. The number of nitrogens with zero attached hydrogens (tertiary/aromatic N) is 5. The molecule has 3 aromatic heterocycles. The monoisotopic (exact) mass is 392 g/mol. The first kappa shape index (κ1) is 17.9. The fourth-order valence-corrected chi connectivity index (χ4v) is 3.31. The van der Waals surface area contributed by atoms with Crippen LogP contribution in [0.1, 0.15) is 22.9 Å². The van der Waals surface area contributed by atoms with Gasteiger partial charge in [0.05, 0.1) is 0 Å². The molecule has 0 saturated heterocycles. The first-order valence-corrected chi connectivity index (χ1v) is 9.47. The summed E-state index contributed by atoms with van der Waals surface area (Å²) in [6.45, 7) is 0. The quantitative estimate of drug-likeness (QED) is 0.515. The number of carbonyl (C=O) groups is 1. The molecule has 0 aliphatic rings. The van der Waals surface area contributed by atoms with Gasteiger partial charge in [0.1, 0.15) is 5.01 Å². The molecule has 0 fully saturated rings. The van der Waals surface area contributed by atoms with Gasteiger partial charge >= 0.3 is 0 Å². The van der Waals surface area contributed by atoms with Gasteiger partial charge < -0.3 is 9.84 Å². The van der Waals surface area contributed by atoms with Gasteiger partial charge in [0, 0.05) is 37.2 Å². The van der Waals surface area contributed by atoms with Crippen LogP contribution in [0, 0.1) is 0 Å². The highest BCUT2D eigenvalue weighted by Gasteiger charge is 2.12. The lowest BCUT2D eigenvalue weighted by molar-refractivity contribution is -0.116. The van der Waals surface area contributed by atoms with E-state index in [0.717, 1.165) is 16.1 Å². The van der Waals surface area contributed by atoms with Crippen LogP contribution in [0.15, 0.2) is 59.4 Å². The largest absolute Gasteiger partial charge is 0.339 e. The molecule has 0 saturated carbocycles. The fourth-order valence-electron chi connectivity index (χ4n) is 2.52. The van der Waals surface area contributed by atoms with Crippen molar-refractivity contribution in [2.45, 2.75) is 19.3 Å². The van der Waals surface area contributed by atoms with Crippen LogP contribution in [-0.4, -0.2) is 31.2 Å². The average Bonchev–Trinajstić information content (AvgIpc) is 3.38. The first-order valence-electron chi connectivity index (χ1n) is 8.65. The van der Waals surface area contributed by atoms with E-state index in [9.17, 15) is 4.79 Å². The smallest absolute Gasteiger partial charge is 0.227 e. The van der Waals surface area contributed by atoms with Gasteiger partial charge in [0.2, 0.25) is 22.8 Å². The highest BCUT2D eigenvalue weighted by atomic mass is 32.1. The Balaban J connectivity index is 1.29. The molecule has 0 atom stereocenters. The van der Waals surface area contributed by atoms with Crippen molar-refractivity contribution < 1.29 is 9.32 Å². The van der Waals surface area contributed by atoms with Gasteiger partial charge in [-0.3, -0.25) is 9.78 Å². The van der Waals surface area contributed by atoms with Gasteiger partial charge in [0.25, 0.3) is 0 Å². The second kappa shape index (κ2) is 8.49. The van der Waals surface area contributed by atoms with Crippen molar-refractivity contribution in [2.24, 2.45) is 0 Å². The number of anilines is 1. The van der Waals surface area contributed by atoms with E-state index < -0.39 is 0 Å². The molecule has 4 rings (SSSR count).